The molecule has 0 saturated carbocycles. The molecule has 0 radical (unpaired) electrons. The van der Waals surface area contributed by atoms with Gasteiger partial charge >= 0.3 is 5.97 Å². The molecule has 3 rings (SSSR count). The molecule has 0 fully saturated rings. The van der Waals surface area contributed by atoms with E-state index < -0.39 is 11.8 Å². The van der Waals surface area contributed by atoms with Crippen LogP contribution >= 0.6 is 0 Å². The topological polar surface area (TPSA) is 37.3 Å². The van der Waals surface area contributed by atoms with Gasteiger partial charge in [-0.3, -0.25) is 0 Å². The molecule has 0 unspecified atom stereocenters. The van der Waals surface area contributed by atoms with Gasteiger partial charge in [0.2, 0.25) is 0 Å². The van der Waals surface area contributed by atoms with Crippen molar-refractivity contribution in [2.75, 3.05) is 0 Å². The van der Waals surface area contributed by atoms with Crippen molar-refractivity contribution in [1.29, 1.82) is 0 Å². The number of hydrogen-bond donors (Lipinski definition) is 1. The number of rotatable bonds is 5. The summed E-state index contributed by atoms with van der Waals surface area (Å²) in [6, 6.07) is 12.5. The molecule has 0 aliphatic heterocycles. The normalized spacial score (nSPS) is 17.8. The standard InChI is InChI=1S/C25H29FO2/c1-24(2)13-14-25(3,4)22-15-17(11-12-21(22)24)7-5-10-20(23(27)28)18-8-6-9-19(26)16-18/h6,8-12,15-16H,5,7,13-14H2,1-4H3,(H,27,28). The van der Waals surface area contributed by atoms with E-state index >= 15 is 0 Å². The SMILES string of the molecule is CC1(C)CCC(C)(C)c2cc(CCC=C(C(=O)O)c3cccc(F)c3)ccc21. The molecule has 3 heteroatoms. The van der Waals surface area contributed by atoms with Crippen LogP contribution in [0.5, 0.6) is 0 Å². The van der Waals surface area contributed by atoms with Crippen molar-refractivity contribution in [2.45, 2.75) is 64.2 Å². The molecule has 1 N–H and O–H groups in total. The van der Waals surface area contributed by atoms with Gasteiger partial charge in [-0.15, -0.1) is 0 Å². The van der Waals surface area contributed by atoms with Crippen LogP contribution in [0.3, 0.4) is 0 Å². The summed E-state index contributed by atoms with van der Waals surface area (Å²) in [5.74, 6) is -1.46. The maximum Gasteiger partial charge on any atom is 0.335 e. The van der Waals surface area contributed by atoms with Crippen LogP contribution < -0.4 is 0 Å². The van der Waals surface area contributed by atoms with E-state index in [1.54, 1.807) is 12.1 Å². The van der Waals surface area contributed by atoms with E-state index in [9.17, 15) is 14.3 Å². The van der Waals surface area contributed by atoms with Gasteiger partial charge in [0.05, 0.1) is 5.57 Å². The number of carbonyl (C=O) groups is 1. The first-order chi connectivity index (χ1) is 13.1. The molecule has 0 amide bonds. The highest BCUT2D eigenvalue weighted by atomic mass is 19.1. The quantitative estimate of drug-likeness (QED) is 0.620. The third kappa shape index (κ3) is 4.19. The number of carboxylic acid groups (broad SMARTS) is 1. The summed E-state index contributed by atoms with van der Waals surface area (Å²) in [5.41, 5.74) is 4.95. The molecule has 148 valence electrons. The van der Waals surface area contributed by atoms with Crippen LogP contribution in [0, 0.1) is 5.82 Å². The Labute approximate surface area is 167 Å². The predicted octanol–water partition coefficient (Wildman–Crippen LogP) is 6.28. The number of aryl methyl sites for hydroxylation is 1. The van der Waals surface area contributed by atoms with Crippen molar-refractivity contribution in [2.24, 2.45) is 0 Å². The van der Waals surface area contributed by atoms with Crippen molar-refractivity contribution < 1.29 is 14.3 Å². The van der Waals surface area contributed by atoms with Crippen LogP contribution in [-0.2, 0) is 22.0 Å². The zero-order chi connectivity index (χ0) is 20.5. The second-order valence-corrected chi connectivity index (χ2v) is 9.12. The Morgan fingerprint density at radius 1 is 1.04 bits per heavy atom. The lowest BCUT2D eigenvalue weighted by Crippen LogP contribution is -2.33. The summed E-state index contributed by atoms with van der Waals surface area (Å²) in [4.78, 5) is 11.6. The average molecular weight is 381 g/mol. The molecule has 2 aromatic rings. The lowest BCUT2D eigenvalue weighted by molar-refractivity contribution is -0.130. The number of allylic oxidation sites excluding steroid dienone is 1. The average Bonchev–Trinajstić information content (AvgIpc) is 2.62. The van der Waals surface area contributed by atoms with E-state index in [4.69, 9.17) is 0 Å². The van der Waals surface area contributed by atoms with Crippen molar-refractivity contribution >= 4 is 11.5 Å². The highest BCUT2D eigenvalue weighted by Gasteiger charge is 2.36. The number of hydrogen-bond acceptors (Lipinski definition) is 1. The van der Waals surface area contributed by atoms with Crippen LogP contribution in [0.1, 0.15) is 69.2 Å². The lowest BCUT2D eigenvalue weighted by atomic mass is 9.63. The molecular formula is C25H29FO2. The fourth-order valence-corrected chi connectivity index (χ4v) is 4.16. The maximum absolute atomic E-state index is 13.5. The van der Waals surface area contributed by atoms with Crippen molar-refractivity contribution in [1.82, 2.24) is 0 Å². The Bertz CT molecular complexity index is 922. The molecule has 28 heavy (non-hydrogen) atoms. The Balaban J connectivity index is 1.83. The van der Waals surface area contributed by atoms with E-state index in [2.05, 4.69) is 45.9 Å². The van der Waals surface area contributed by atoms with Gasteiger partial charge in [-0.25, -0.2) is 9.18 Å². The van der Waals surface area contributed by atoms with Crippen LogP contribution in [0.4, 0.5) is 4.39 Å². The van der Waals surface area contributed by atoms with Gasteiger partial charge in [0.25, 0.3) is 0 Å². The molecular weight excluding hydrogens is 351 g/mol. The molecule has 1 aliphatic carbocycles. The van der Waals surface area contributed by atoms with Gasteiger partial charge in [-0.2, -0.15) is 0 Å². The van der Waals surface area contributed by atoms with Gasteiger partial charge in [-0.05, 0) is 70.9 Å². The summed E-state index contributed by atoms with van der Waals surface area (Å²) >= 11 is 0. The van der Waals surface area contributed by atoms with Gasteiger partial charge in [0.1, 0.15) is 5.82 Å². The summed E-state index contributed by atoms with van der Waals surface area (Å²) in [7, 11) is 0. The van der Waals surface area contributed by atoms with Crippen molar-refractivity contribution in [3.8, 4) is 0 Å². The molecule has 0 heterocycles. The van der Waals surface area contributed by atoms with E-state index in [1.807, 2.05) is 0 Å². The molecule has 0 spiro atoms. The van der Waals surface area contributed by atoms with Crippen LogP contribution in [-0.4, -0.2) is 11.1 Å². The van der Waals surface area contributed by atoms with E-state index in [1.165, 1.54) is 47.7 Å². The molecule has 0 saturated heterocycles. The fraction of sp³-hybridized carbons (Fsp3) is 0.400. The third-order valence-corrected chi connectivity index (χ3v) is 6.06. The van der Waals surface area contributed by atoms with E-state index in [0.29, 0.717) is 12.0 Å². The highest BCUT2D eigenvalue weighted by molar-refractivity contribution is 6.15. The zero-order valence-electron chi connectivity index (χ0n) is 17.2. The van der Waals surface area contributed by atoms with Crippen LogP contribution in [0.25, 0.3) is 5.57 Å². The first kappa shape index (κ1) is 20.3. The molecule has 2 nitrogen and oxygen atoms in total. The largest absolute Gasteiger partial charge is 0.478 e. The summed E-state index contributed by atoms with van der Waals surface area (Å²) in [6.07, 6.45) is 5.41. The number of benzene rings is 2. The Kier molecular flexibility index (Phi) is 5.47. The predicted molar refractivity (Wildman–Crippen MR) is 112 cm³/mol. The smallest absolute Gasteiger partial charge is 0.335 e. The van der Waals surface area contributed by atoms with Gasteiger partial charge < -0.3 is 5.11 Å². The number of aliphatic carboxylic acids is 1. The van der Waals surface area contributed by atoms with Crippen molar-refractivity contribution in [3.05, 3.63) is 76.6 Å². The van der Waals surface area contributed by atoms with Gasteiger partial charge in [0, 0.05) is 0 Å². The Hall–Kier alpha value is -2.42. The lowest BCUT2D eigenvalue weighted by Gasteiger charge is -2.42. The first-order valence-corrected chi connectivity index (χ1v) is 9.93. The third-order valence-electron chi connectivity index (χ3n) is 6.06. The summed E-state index contributed by atoms with van der Waals surface area (Å²) in [6.45, 7) is 9.22. The second-order valence-electron chi connectivity index (χ2n) is 9.12. The minimum atomic E-state index is -1.03. The number of carboxylic acids is 1. The number of fused-ring (bicyclic) bond motifs is 1. The zero-order valence-corrected chi connectivity index (χ0v) is 17.2. The van der Waals surface area contributed by atoms with Crippen LogP contribution in [0.15, 0.2) is 48.5 Å². The van der Waals surface area contributed by atoms with Gasteiger partial charge in [0.15, 0.2) is 0 Å². The summed E-state index contributed by atoms with van der Waals surface area (Å²) in [5, 5.41) is 9.51. The highest BCUT2D eigenvalue weighted by Crippen LogP contribution is 2.45. The minimum absolute atomic E-state index is 0.152. The number of halogens is 1. The minimum Gasteiger partial charge on any atom is -0.478 e. The van der Waals surface area contributed by atoms with Crippen LogP contribution in [0.2, 0.25) is 0 Å². The molecule has 0 atom stereocenters. The first-order valence-electron chi connectivity index (χ1n) is 9.93. The molecule has 1 aliphatic rings. The molecule has 0 aromatic heterocycles. The monoisotopic (exact) mass is 380 g/mol. The van der Waals surface area contributed by atoms with E-state index in [0.717, 1.165) is 6.42 Å². The molecule has 0 bridgehead atoms. The Morgan fingerprint density at radius 2 is 1.71 bits per heavy atom. The maximum atomic E-state index is 13.5. The Morgan fingerprint density at radius 3 is 2.36 bits per heavy atom. The van der Waals surface area contributed by atoms with Crippen molar-refractivity contribution in [3.63, 3.8) is 0 Å². The fourth-order valence-electron chi connectivity index (χ4n) is 4.16. The van der Waals surface area contributed by atoms with E-state index in [-0.39, 0.29) is 16.4 Å². The second kappa shape index (κ2) is 7.54. The summed E-state index contributed by atoms with van der Waals surface area (Å²) < 4.78 is 13.5. The molecule has 2 aromatic carbocycles. The van der Waals surface area contributed by atoms with Gasteiger partial charge in [-0.1, -0.05) is 64.1 Å².